The molecule has 11 heteroatoms. The topological polar surface area (TPSA) is 112 Å². The van der Waals surface area contributed by atoms with Gasteiger partial charge >= 0.3 is 0 Å². The van der Waals surface area contributed by atoms with Crippen molar-refractivity contribution in [3.63, 3.8) is 0 Å². The number of amides is 1. The Balaban J connectivity index is 1.33. The van der Waals surface area contributed by atoms with E-state index in [0.717, 1.165) is 18.4 Å². The molecule has 146 valence electrons. The normalized spacial score (nSPS) is 12.3. The fourth-order valence-corrected chi connectivity index (χ4v) is 4.02. The molecule has 0 bridgehead atoms. The molecular weight excluding hydrogens is 402 g/mol. The van der Waals surface area contributed by atoms with Gasteiger partial charge in [0.1, 0.15) is 0 Å². The van der Waals surface area contributed by atoms with E-state index in [1.165, 1.54) is 23.1 Å². The van der Waals surface area contributed by atoms with Crippen molar-refractivity contribution >= 4 is 34.1 Å². The summed E-state index contributed by atoms with van der Waals surface area (Å²) < 4.78 is 17.1. The molecule has 0 unspecified atom stereocenters. The molecule has 1 aromatic carbocycles. The average molecular weight is 419 g/mol. The van der Waals surface area contributed by atoms with E-state index in [1.807, 2.05) is 25.1 Å². The molecule has 1 aliphatic rings. The van der Waals surface area contributed by atoms with Gasteiger partial charge in [-0.25, -0.2) is 0 Å². The minimum atomic E-state index is -0.0418. The lowest BCUT2D eigenvalue weighted by Gasteiger charge is -1.98. The number of hydrogen-bond acceptors (Lipinski definition) is 10. The predicted octanol–water partition coefficient (Wildman–Crippen LogP) is 3.74. The van der Waals surface area contributed by atoms with Gasteiger partial charge in [0.15, 0.2) is 15.8 Å². The SMILES string of the molecule is CCCCC(=O)Nc1nnc(SCc2nnc(-c3ccc4c(c3)OCO4)o2)s1. The summed E-state index contributed by atoms with van der Waals surface area (Å²) >= 11 is 2.74. The smallest absolute Gasteiger partial charge is 0.247 e. The molecule has 1 N–H and O–H groups in total. The number of carbonyl (C=O) groups excluding carboxylic acids is 1. The van der Waals surface area contributed by atoms with Gasteiger partial charge in [-0.1, -0.05) is 36.4 Å². The maximum absolute atomic E-state index is 11.7. The maximum Gasteiger partial charge on any atom is 0.247 e. The van der Waals surface area contributed by atoms with Gasteiger partial charge < -0.3 is 19.2 Å². The lowest BCUT2D eigenvalue weighted by atomic mass is 10.2. The van der Waals surface area contributed by atoms with Crippen LogP contribution in [0.5, 0.6) is 11.5 Å². The third-order valence-corrected chi connectivity index (χ3v) is 5.77. The van der Waals surface area contributed by atoms with Crippen molar-refractivity contribution in [3.05, 3.63) is 24.1 Å². The van der Waals surface area contributed by atoms with E-state index < -0.39 is 0 Å². The zero-order chi connectivity index (χ0) is 19.3. The van der Waals surface area contributed by atoms with Gasteiger partial charge in [0.2, 0.25) is 29.6 Å². The highest BCUT2D eigenvalue weighted by Crippen LogP contribution is 2.36. The average Bonchev–Trinajstić information content (AvgIpc) is 3.44. The summed E-state index contributed by atoms with van der Waals surface area (Å²) in [5, 5.41) is 19.5. The number of fused-ring (bicyclic) bond motifs is 1. The lowest BCUT2D eigenvalue weighted by Crippen LogP contribution is -2.10. The summed E-state index contributed by atoms with van der Waals surface area (Å²) in [5.74, 6) is 2.66. The molecule has 0 atom stereocenters. The van der Waals surface area contributed by atoms with Crippen LogP contribution in [0.15, 0.2) is 27.0 Å². The quantitative estimate of drug-likeness (QED) is 0.431. The fraction of sp³-hybridized carbons (Fsp3) is 0.353. The summed E-state index contributed by atoms with van der Waals surface area (Å²) in [6.45, 7) is 2.26. The highest BCUT2D eigenvalue weighted by molar-refractivity contribution is 8.00. The minimum absolute atomic E-state index is 0.0418. The van der Waals surface area contributed by atoms with Crippen LogP contribution in [0.4, 0.5) is 5.13 Å². The molecule has 0 fully saturated rings. The van der Waals surface area contributed by atoms with Crippen LogP contribution in [0.2, 0.25) is 0 Å². The maximum atomic E-state index is 11.7. The van der Waals surface area contributed by atoms with Gasteiger partial charge in [0.05, 0.1) is 5.75 Å². The molecule has 0 saturated heterocycles. The van der Waals surface area contributed by atoms with Crippen LogP contribution in [0, 0.1) is 0 Å². The number of anilines is 1. The number of aromatic nitrogens is 4. The van der Waals surface area contributed by atoms with Gasteiger partial charge in [0, 0.05) is 12.0 Å². The van der Waals surface area contributed by atoms with Crippen molar-refractivity contribution in [1.82, 2.24) is 20.4 Å². The number of thioether (sulfide) groups is 1. The van der Waals surface area contributed by atoms with E-state index in [4.69, 9.17) is 13.9 Å². The second kappa shape index (κ2) is 8.57. The molecule has 9 nitrogen and oxygen atoms in total. The van der Waals surface area contributed by atoms with Crippen molar-refractivity contribution in [2.24, 2.45) is 0 Å². The highest BCUT2D eigenvalue weighted by atomic mass is 32.2. The van der Waals surface area contributed by atoms with Gasteiger partial charge in [-0.2, -0.15) is 0 Å². The van der Waals surface area contributed by atoms with Gasteiger partial charge in [-0.3, -0.25) is 4.79 Å². The Bertz CT molecular complexity index is 974. The second-order valence-electron chi connectivity index (χ2n) is 5.88. The zero-order valence-corrected chi connectivity index (χ0v) is 16.6. The Hall–Kier alpha value is -2.66. The van der Waals surface area contributed by atoms with Crippen molar-refractivity contribution in [1.29, 1.82) is 0 Å². The number of carbonyl (C=O) groups is 1. The first-order chi connectivity index (χ1) is 13.7. The van der Waals surface area contributed by atoms with Crippen LogP contribution < -0.4 is 14.8 Å². The van der Waals surface area contributed by atoms with Crippen LogP contribution in [0.1, 0.15) is 32.1 Å². The van der Waals surface area contributed by atoms with Crippen LogP contribution in [-0.4, -0.2) is 33.1 Å². The first-order valence-corrected chi connectivity index (χ1v) is 10.5. The second-order valence-corrected chi connectivity index (χ2v) is 8.08. The van der Waals surface area contributed by atoms with Gasteiger partial charge in [-0.05, 0) is 24.6 Å². The van der Waals surface area contributed by atoms with Crippen LogP contribution in [0.3, 0.4) is 0 Å². The van der Waals surface area contributed by atoms with Crippen molar-refractivity contribution in [3.8, 4) is 23.0 Å². The van der Waals surface area contributed by atoms with Crippen molar-refractivity contribution in [2.45, 2.75) is 36.3 Å². The van der Waals surface area contributed by atoms with Gasteiger partial charge in [0.25, 0.3) is 0 Å². The molecule has 28 heavy (non-hydrogen) atoms. The van der Waals surface area contributed by atoms with Crippen molar-refractivity contribution < 1.29 is 18.7 Å². The van der Waals surface area contributed by atoms with E-state index in [-0.39, 0.29) is 12.7 Å². The Morgan fingerprint density at radius 1 is 1.21 bits per heavy atom. The summed E-state index contributed by atoms with van der Waals surface area (Å²) in [5.41, 5.74) is 0.765. The standard InChI is InChI=1S/C17H17N5O4S2/c1-2-3-4-13(23)18-16-21-22-17(28-16)27-8-14-19-20-15(26-14)10-5-6-11-12(7-10)25-9-24-11/h5-7H,2-4,8-9H2,1H3,(H,18,21,23). The summed E-state index contributed by atoms with van der Waals surface area (Å²) in [4.78, 5) is 11.7. The molecule has 0 radical (unpaired) electrons. The minimum Gasteiger partial charge on any atom is -0.454 e. The third kappa shape index (κ3) is 4.42. The van der Waals surface area contributed by atoms with Crippen LogP contribution in [-0.2, 0) is 10.5 Å². The van der Waals surface area contributed by atoms with Crippen molar-refractivity contribution in [2.75, 3.05) is 12.1 Å². The molecule has 3 aromatic rings. The van der Waals surface area contributed by atoms with E-state index in [1.54, 1.807) is 0 Å². The van der Waals surface area contributed by atoms with E-state index in [2.05, 4.69) is 25.7 Å². The number of benzene rings is 1. The number of unbranched alkanes of at least 4 members (excludes halogenated alkanes) is 1. The molecule has 1 amide bonds. The third-order valence-electron chi connectivity index (χ3n) is 3.82. The molecule has 1 aliphatic heterocycles. The van der Waals surface area contributed by atoms with E-state index in [9.17, 15) is 4.79 Å². The molecule has 0 saturated carbocycles. The zero-order valence-electron chi connectivity index (χ0n) is 15.0. The predicted molar refractivity (Wildman–Crippen MR) is 103 cm³/mol. The fourth-order valence-electron chi connectivity index (χ4n) is 2.42. The number of hydrogen-bond donors (Lipinski definition) is 1. The number of nitrogens with one attached hydrogen (secondary N) is 1. The number of rotatable bonds is 8. The largest absolute Gasteiger partial charge is 0.454 e. The lowest BCUT2D eigenvalue weighted by molar-refractivity contribution is -0.116. The van der Waals surface area contributed by atoms with Gasteiger partial charge in [-0.15, -0.1) is 20.4 Å². The number of nitrogens with zero attached hydrogens (tertiary/aromatic N) is 4. The first kappa shape index (κ1) is 18.7. The monoisotopic (exact) mass is 419 g/mol. The van der Waals surface area contributed by atoms with Crippen LogP contribution in [0.25, 0.3) is 11.5 Å². The van der Waals surface area contributed by atoms with E-state index >= 15 is 0 Å². The van der Waals surface area contributed by atoms with Crippen LogP contribution >= 0.6 is 23.1 Å². The van der Waals surface area contributed by atoms with E-state index in [0.29, 0.717) is 44.9 Å². The summed E-state index contributed by atoms with van der Waals surface area (Å²) in [7, 11) is 0. The molecular formula is C17H17N5O4S2. The molecule has 3 heterocycles. The molecule has 0 spiro atoms. The first-order valence-electron chi connectivity index (χ1n) is 8.70. The molecule has 2 aromatic heterocycles. The summed E-state index contributed by atoms with van der Waals surface area (Å²) in [6.07, 6.45) is 2.32. The Kier molecular flexibility index (Phi) is 5.72. The molecule has 0 aliphatic carbocycles. The Morgan fingerprint density at radius 2 is 2.11 bits per heavy atom. The Morgan fingerprint density at radius 3 is 3.00 bits per heavy atom. The highest BCUT2D eigenvalue weighted by Gasteiger charge is 2.17. The number of ether oxygens (including phenoxy) is 2. The molecule has 4 rings (SSSR count). The Labute approximate surface area is 168 Å². The summed E-state index contributed by atoms with van der Waals surface area (Å²) in [6, 6.07) is 5.47.